The summed E-state index contributed by atoms with van der Waals surface area (Å²) in [5.41, 5.74) is -0.491. The van der Waals surface area contributed by atoms with Gasteiger partial charge in [-0.2, -0.15) is 13.2 Å². The van der Waals surface area contributed by atoms with Gasteiger partial charge in [0.1, 0.15) is 0 Å². The van der Waals surface area contributed by atoms with E-state index in [4.69, 9.17) is 0 Å². The Hall–Kier alpha value is -3.36. The van der Waals surface area contributed by atoms with E-state index in [0.717, 1.165) is 24.3 Å². The van der Waals surface area contributed by atoms with Gasteiger partial charge < -0.3 is 15.4 Å². The van der Waals surface area contributed by atoms with Crippen LogP contribution in [0.5, 0.6) is 0 Å². The maximum atomic E-state index is 12.5. The van der Waals surface area contributed by atoms with Crippen LogP contribution in [0.2, 0.25) is 0 Å². The highest BCUT2D eigenvalue weighted by Gasteiger charge is 2.30. The minimum absolute atomic E-state index is 0.0291. The van der Waals surface area contributed by atoms with Crippen LogP contribution in [-0.4, -0.2) is 24.9 Å². The molecule has 0 fully saturated rings. The third-order valence-electron chi connectivity index (χ3n) is 3.22. The molecule has 136 valence electrons. The molecule has 0 spiro atoms. The Balaban J connectivity index is 2.02. The fraction of sp³-hybridized carbons (Fsp3) is 0.118. The fourth-order valence-corrected chi connectivity index (χ4v) is 1.96. The number of methoxy groups -OCH3 is 1. The van der Waals surface area contributed by atoms with Crippen molar-refractivity contribution in [3.63, 3.8) is 0 Å². The number of benzene rings is 2. The van der Waals surface area contributed by atoms with Crippen LogP contribution in [0, 0.1) is 0 Å². The van der Waals surface area contributed by atoms with E-state index >= 15 is 0 Å². The largest absolute Gasteiger partial charge is 0.465 e. The molecular weight excluding hydrogens is 353 g/mol. The first kappa shape index (κ1) is 19.0. The number of rotatable bonds is 3. The van der Waals surface area contributed by atoms with Gasteiger partial charge in [-0.05, 0) is 42.5 Å². The number of nitrogens with one attached hydrogen (secondary N) is 2. The van der Waals surface area contributed by atoms with Crippen LogP contribution in [0.15, 0.2) is 48.5 Å². The van der Waals surface area contributed by atoms with Gasteiger partial charge in [-0.1, -0.05) is 6.07 Å². The van der Waals surface area contributed by atoms with Crippen LogP contribution in [0.1, 0.15) is 15.9 Å². The van der Waals surface area contributed by atoms with Gasteiger partial charge in [-0.15, -0.1) is 0 Å². The molecule has 0 unspecified atom stereocenters. The second-order valence-corrected chi connectivity index (χ2v) is 5.06. The van der Waals surface area contributed by atoms with Gasteiger partial charge in [0, 0.05) is 11.4 Å². The van der Waals surface area contributed by atoms with E-state index in [2.05, 4.69) is 15.4 Å². The van der Waals surface area contributed by atoms with E-state index in [1.54, 1.807) is 0 Å². The van der Waals surface area contributed by atoms with E-state index in [0.29, 0.717) is 0 Å². The van der Waals surface area contributed by atoms with E-state index in [1.807, 2.05) is 0 Å². The average molecular weight is 366 g/mol. The van der Waals surface area contributed by atoms with Crippen molar-refractivity contribution in [2.75, 3.05) is 17.7 Å². The third-order valence-corrected chi connectivity index (χ3v) is 3.22. The smallest absolute Gasteiger partial charge is 0.416 e. The summed E-state index contributed by atoms with van der Waals surface area (Å²) in [6, 6.07) is 9.35. The Morgan fingerprint density at radius 3 is 2.00 bits per heavy atom. The summed E-state index contributed by atoms with van der Waals surface area (Å²) < 4.78 is 42.0. The Bertz CT molecular complexity index is 833. The average Bonchev–Trinajstić information content (AvgIpc) is 2.60. The van der Waals surface area contributed by atoms with Crippen molar-refractivity contribution in [1.29, 1.82) is 0 Å². The Kier molecular flexibility index (Phi) is 5.61. The molecule has 9 heteroatoms. The molecule has 2 amide bonds. The Morgan fingerprint density at radius 1 is 0.885 bits per heavy atom. The molecule has 0 aromatic heterocycles. The number of hydrogen-bond acceptors (Lipinski definition) is 4. The molecule has 2 N–H and O–H groups in total. The number of hydrogen-bond donors (Lipinski definition) is 2. The molecule has 0 radical (unpaired) electrons. The number of amides is 2. The zero-order valence-corrected chi connectivity index (χ0v) is 13.4. The lowest BCUT2D eigenvalue weighted by atomic mass is 10.2. The number of anilines is 2. The number of esters is 1. The van der Waals surface area contributed by atoms with E-state index in [-0.39, 0.29) is 16.9 Å². The summed E-state index contributed by atoms with van der Waals surface area (Å²) >= 11 is 0. The van der Waals surface area contributed by atoms with E-state index in [9.17, 15) is 27.6 Å². The molecule has 0 bridgehead atoms. The molecular formula is C17H13F3N2O4. The monoisotopic (exact) mass is 366 g/mol. The van der Waals surface area contributed by atoms with Crippen LogP contribution in [0.4, 0.5) is 24.5 Å². The minimum Gasteiger partial charge on any atom is -0.465 e. The lowest BCUT2D eigenvalue weighted by Crippen LogP contribution is -2.29. The summed E-state index contributed by atoms with van der Waals surface area (Å²) in [4.78, 5) is 35.1. The van der Waals surface area contributed by atoms with Crippen LogP contribution in [-0.2, 0) is 20.5 Å². The molecule has 2 aromatic carbocycles. The predicted octanol–water partition coefficient (Wildman–Crippen LogP) is 3.07. The first-order valence-corrected chi connectivity index (χ1v) is 7.18. The van der Waals surface area contributed by atoms with Gasteiger partial charge in [-0.3, -0.25) is 9.59 Å². The SMILES string of the molecule is COC(=O)c1cccc(NC(=O)C(=O)Nc2ccc(C(F)(F)F)cc2)c1. The molecule has 0 aliphatic heterocycles. The highest BCUT2D eigenvalue weighted by atomic mass is 19.4. The van der Waals surface area contributed by atoms with Gasteiger partial charge >= 0.3 is 24.0 Å². The zero-order chi connectivity index (χ0) is 19.3. The summed E-state index contributed by atoms with van der Waals surface area (Å²) in [5, 5.41) is 4.46. The van der Waals surface area contributed by atoms with Crippen LogP contribution >= 0.6 is 0 Å². The second-order valence-electron chi connectivity index (χ2n) is 5.06. The number of carbonyl (C=O) groups is 3. The quantitative estimate of drug-likeness (QED) is 0.646. The van der Waals surface area contributed by atoms with Crippen molar-refractivity contribution in [3.8, 4) is 0 Å². The topological polar surface area (TPSA) is 84.5 Å². The van der Waals surface area contributed by atoms with Crippen LogP contribution in [0.3, 0.4) is 0 Å². The summed E-state index contributed by atoms with van der Waals surface area (Å²) in [6.07, 6.45) is -4.50. The van der Waals surface area contributed by atoms with Gasteiger partial charge in [0.25, 0.3) is 0 Å². The van der Waals surface area contributed by atoms with E-state index < -0.39 is 29.5 Å². The third kappa shape index (κ3) is 4.82. The first-order valence-electron chi connectivity index (χ1n) is 7.18. The molecule has 2 aromatic rings. The first-order chi connectivity index (χ1) is 12.2. The van der Waals surface area contributed by atoms with Gasteiger partial charge in [0.15, 0.2) is 0 Å². The van der Waals surface area contributed by atoms with Gasteiger partial charge in [-0.25, -0.2) is 4.79 Å². The molecule has 6 nitrogen and oxygen atoms in total. The number of halogens is 3. The Morgan fingerprint density at radius 2 is 1.46 bits per heavy atom. The molecule has 2 rings (SSSR count). The summed E-state index contributed by atoms with van der Waals surface area (Å²) in [5.74, 6) is -2.74. The van der Waals surface area contributed by atoms with Crippen LogP contribution in [0.25, 0.3) is 0 Å². The number of carbonyl (C=O) groups excluding carboxylic acids is 3. The fourth-order valence-electron chi connectivity index (χ4n) is 1.96. The molecule has 0 saturated heterocycles. The molecule has 0 aliphatic carbocycles. The van der Waals surface area contributed by atoms with Crippen molar-refractivity contribution in [2.24, 2.45) is 0 Å². The molecule has 0 saturated carbocycles. The van der Waals surface area contributed by atoms with Crippen LogP contribution < -0.4 is 10.6 Å². The highest BCUT2D eigenvalue weighted by molar-refractivity contribution is 6.43. The summed E-state index contributed by atoms with van der Waals surface area (Å²) in [7, 11) is 1.20. The van der Waals surface area contributed by atoms with Gasteiger partial charge in [0.2, 0.25) is 0 Å². The van der Waals surface area contributed by atoms with Crippen molar-refractivity contribution in [3.05, 3.63) is 59.7 Å². The molecule has 0 aliphatic rings. The van der Waals surface area contributed by atoms with Crippen molar-refractivity contribution >= 4 is 29.2 Å². The van der Waals surface area contributed by atoms with Gasteiger partial charge in [0.05, 0.1) is 18.2 Å². The number of ether oxygens (including phenoxy) is 1. The molecule has 26 heavy (non-hydrogen) atoms. The second kappa shape index (κ2) is 7.68. The zero-order valence-electron chi connectivity index (χ0n) is 13.4. The standard InChI is InChI=1S/C17H13F3N2O4/c1-26-16(25)10-3-2-4-13(9-10)22-15(24)14(23)21-12-7-5-11(6-8-12)17(18,19)20/h2-9H,1H3,(H,21,23)(H,22,24). The lowest BCUT2D eigenvalue weighted by Gasteiger charge is -2.09. The predicted molar refractivity (Wildman–Crippen MR) is 86.5 cm³/mol. The summed E-state index contributed by atoms with van der Waals surface area (Å²) in [6.45, 7) is 0. The molecule has 0 atom stereocenters. The minimum atomic E-state index is -4.50. The maximum absolute atomic E-state index is 12.5. The Labute approximate surface area is 146 Å². The van der Waals surface area contributed by atoms with Crippen molar-refractivity contribution in [2.45, 2.75) is 6.18 Å². The number of alkyl halides is 3. The highest BCUT2D eigenvalue weighted by Crippen LogP contribution is 2.29. The van der Waals surface area contributed by atoms with E-state index in [1.165, 1.54) is 31.4 Å². The maximum Gasteiger partial charge on any atom is 0.416 e. The lowest BCUT2D eigenvalue weighted by molar-refractivity contribution is -0.137. The molecule has 0 heterocycles. The normalized spacial score (nSPS) is 10.8. The van der Waals surface area contributed by atoms with Crippen molar-refractivity contribution < 1.29 is 32.3 Å². The van der Waals surface area contributed by atoms with Crippen molar-refractivity contribution in [1.82, 2.24) is 0 Å².